The highest BCUT2D eigenvalue weighted by atomic mass is 16.5. The normalized spacial score (nSPS) is 12.6. The van der Waals surface area contributed by atoms with Gasteiger partial charge in [-0.1, -0.05) is 17.7 Å². The quantitative estimate of drug-likeness (QED) is 0.803. The van der Waals surface area contributed by atoms with Crippen LogP contribution < -0.4 is 4.74 Å². The monoisotopic (exact) mass is 235 g/mol. The van der Waals surface area contributed by atoms with Crippen LogP contribution in [0.3, 0.4) is 0 Å². The number of ketones is 1. The molecular weight excluding hydrogens is 214 g/mol. The summed E-state index contributed by atoms with van der Waals surface area (Å²) < 4.78 is 5.43. The van der Waals surface area contributed by atoms with Crippen molar-refractivity contribution in [3.63, 3.8) is 0 Å². The molecule has 0 radical (unpaired) electrons. The van der Waals surface area contributed by atoms with E-state index in [4.69, 9.17) is 4.74 Å². The molecule has 3 heteroatoms. The van der Waals surface area contributed by atoms with E-state index in [9.17, 15) is 4.79 Å². The maximum absolute atomic E-state index is 11.8. The number of nitrogens with zero attached hydrogens (tertiary/aromatic N) is 1. The van der Waals surface area contributed by atoms with E-state index >= 15 is 0 Å². The van der Waals surface area contributed by atoms with Crippen LogP contribution in [0, 0.1) is 13.8 Å². The van der Waals surface area contributed by atoms with Crippen molar-refractivity contribution in [3.05, 3.63) is 28.8 Å². The van der Waals surface area contributed by atoms with Crippen molar-refractivity contribution in [3.8, 4) is 5.75 Å². The number of hydrogen-bond acceptors (Lipinski definition) is 3. The first kappa shape index (κ1) is 13.7. The molecule has 0 aliphatic heterocycles. The Kier molecular flexibility index (Phi) is 4.29. The first-order valence-corrected chi connectivity index (χ1v) is 5.70. The lowest BCUT2D eigenvalue weighted by molar-refractivity contribution is -0.121. The molecule has 0 aromatic heterocycles. The van der Waals surface area contributed by atoms with Gasteiger partial charge in [-0.05, 0) is 40.4 Å². The zero-order chi connectivity index (χ0) is 13.2. The summed E-state index contributed by atoms with van der Waals surface area (Å²) in [6.45, 7) is 5.65. The van der Waals surface area contributed by atoms with Gasteiger partial charge >= 0.3 is 0 Å². The molecule has 0 bridgehead atoms. The average Bonchev–Trinajstić information content (AvgIpc) is 2.15. The summed E-state index contributed by atoms with van der Waals surface area (Å²) in [6, 6.07) is 3.84. The molecule has 94 valence electrons. The van der Waals surface area contributed by atoms with Gasteiger partial charge in [-0.2, -0.15) is 0 Å². The number of carbonyl (C=O) groups excluding carboxylic acids is 1. The SMILES string of the molecule is COc1c(C)cc(C)cc1C(C(C)=O)N(C)C. The minimum atomic E-state index is -0.247. The molecule has 1 aromatic carbocycles. The highest BCUT2D eigenvalue weighted by molar-refractivity contribution is 5.84. The molecule has 1 atom stereocenters. The second kappa shape index (κ2) is 5.32. The van der Waals surface area contributed by atoms with Crippen molar-refractivity contribution in [2.45, 2.75) is 26.8 Å². The fourth-order valence-corrected chi connectivity index (χ4v) is 2.33. The second-order valence-electron chi connectivity index (χ2n) is 4.68. The number of methoxy groups -OCH3 is 1. The van der Waals surface area contributed by atoms with E-state index in [1.165, 1.54) is 0 Å². The van der Waals surface area contributed by atoms with Crippen LogP contribution in [-0.2, 0) is 4.79 Å². The van der Waals surface area contributed by atoms with Crippen molar-refractivity contribution in [1.29, 1.82) is 0 Å². The zero-order valence-electron chi connectivity index (χ0n) is 11.5. The third-order valence-electron chi connectivity index (χ3n) is 2.85. The maximum Gasteiger partial charge on any atom is 0.151 e. The second-order valence-corrected chi connectivity index (χ2v) is 4.68. The highest BCUT2D eigenvalue weighted by Crippen LogP contribution is 2.32. The minimum absolute atomic E-state index is 0.123. The van der Waals surface area contributed by atoms with Gasteiger partial charge in [-0.15, -0.1) is 0 Å². The standard InChI is InChI=1S/C14H21NO2/c1-9-7-10(2)14(17-6)12(8-9)13(11(3)16)15(4)5/h7-8,13H,1-6H3. The van der Waals surface area contributed by atoms with Gasteiger partial charge in [-0.25, -0.2) is 0 Å². The zero-order valence-corrected chi connectivity index (χ0v) is 11.5. The highest BCUT2D eigenvalue weighted by Gasteiger charge is 2.23. The van der Waals surface area contributed by atoms with Crippen LogP contribution in [-0.4, -0.2) is 31.9 Å². The van der Waals surface area contributed by atoms with E-state index < -0.39 is 0 Å². The third-order valence-corrected chi connectivity index (χ3v) is 2.85. The molecule has 1 unspecified atom stereocenters. The van der Waals surface area contributed by atoms with E-state index in [1.807, 2.05) is 38.9 Å². The van der Waals surface area contributed by atoms with Crippen molar-refractivity contribution < 1.29 is 9.53 Å². The van der Waals surface area contributed by atoms with E-state index in [1.54, 1.807) is 14.0 Å². The summed E-state index contributed by atoms with van der Waals surface area (Å²) in [5.74, 6) is 0.933. The van der Waals surface area contributed by atoms with E-state index in [0.717, 1.165) is 22.4 Å². The lowest BCUT2D eigenvalue weighted by Gasteiger charge is -2.25. The number of rotatable bonds is 4. The molecule has 3 nitrogen and oxygen atoms in total. The number of likely N-dealkylation sites (N-methyl/N-ethyl adjacent to an activating group) is 1. The van der Waals surface area contributed by atoms with Gasteiger partial charge < -0.3 is 4.74 Å². The Labute approximate surface area is 103 Å². The largest absolute Gasteiger partial charge is 0.496 e. The number of carbonyl (C=O) groups is 1. The third kappa shape index (κ3) is 2.86. The Morgan fingerprint density at radius 1 is 1.29 bits per heavy atom. The lowest BCUT2D eigenvalue weighted by Crippen LogP contribution is -2.26. The molecule has 1 rings (SSSR count). The van der Waals surface area contributed by atoms with Crippen LogP contribution in [0.2, 0.25) is 0 Å². The Hall–Kier alpha value is -1.35. The van der Waals surface area contributed by atoms with Crippen molar-refractivity contribution in [2.75, 3.05) is 21.2 Å². The van der Waals surface area contributed by atoms with Crippen LogP contribution in [0.25, 0.3) is 0 Å². The predicted molar refractivity (Wildman–Crippen MR) is 69.6 cm³/mol. The first-order chi connectivity index (χ1) is 7.88. The Morgan fingerprint density at radius 2 is 1.88 bits per heavy atom. The van der Waals surface area contributed by atoms with Crippen LogP contribution in [0.5, 0.6) is 5.75 Å². The summed E-state index contributed by atoms with van der Waals surface area (Å²) in [4.78, 5) is 13.7. The Balaban J connectivity index is 3.41. The summed E-state index contributed by atoms with van der Waals surface area (Å²) in [5.41, 5.74) is 3.16. The molecule has 0 aliphatic carbocycles. The van der Waals surface area contributed by atoms with Gasteiger partial charge in [0.15, 0.2) is 5.78 Å². The number of Topliss-reactive ketones (excluding diaryl/α,β-unsaturated/α-hetero) is 1. The van der Waals surface area contributed by atoms with Crippen LogP contribution in [0.4, 0.5) is 0 Å². The number of aryl methyl sites for hydroxylation is 2. The lowest BCUT2D eigenvalue weighted by atomic mass is 9.96. The van der Waals surface area contributed by atoms with Gasteiger partial charge in [0.1, 0.15) is 5.75 Å². The van der Waals surface area contributed by atoms with Crippen molar-refractivity contribution in [2.24, 2.45) is 0 Å². The van der Waals surface area contributed by atoms with Gasteiger partial charge in [-0.3, -0.25) is 9.69 Å². The topological polar surface area (TPSA) is 29.5 Å². The fourth-order valence-electron chi connectivity index (χ4n) is 2.33. The van der Waals surface area contributed by atoms with E-state index in [2.05, 4.69) is 6.07 Å². The molecule has 1 aromatic rings. The average molecular weight is 235 g/mol. The van der Waals surface area contributed by atoms with E-state index in [0.29, 0.717) is 0 Å². The fraction of sp³-hybridized carbons (Fsp3) is 0.500. The summed E-state index contributed by atoms with van der Waals surface area (Å²) in [7, 11) is 5.46. The molecule has 0 amide bonds. The van der Waals surface area contributed by atoms with E-state index in [-0.39, 0.29) is 11.8 Å². The maximum atomic E-state index is 11.8. The number of ether oxygens (including phenoxy) is 1. The van der Waals surface area contributed by atoms with Crippen LogP contribution >= 0.6 is 0 Å². The molecule has 0 spiro atoms. The Morgan fingerprint density at radius 3 is 2.29 bits per heavy atom. The summed E-state index contributed by atoms with van der Waals surface area (Å²) >= 11 is 0. The smallest absolute Gasteiger partial charge is 0.151 e. The molecular formula is C14H21NO2. The van der Waals surface area contributed by atoms with Gasteiger partial charge in [0.25, 0.3) is 0 Å². The van der Waals surface area contributed by atoms with Crippen molar-refractivity contribution in [1.82, 2.24) is 4.90 Å². The molecule has 0 aliphatic rings. The summed E-state index contributed by atoms with van der Waals surface area (Å²) in [5, 5.41) is 0. The molecule has 17 heavy (non-hydrogen) atoms. The number of benzene rings is 1. The molecule has 0 heterocycles. The van der Waals surface area contributed by atoms with Gasteiger partial charge in [0.2, 0.25) is 0 Å². The molecule has 0 saturated heterocycles. The van der Waals surface area contributed by atoms with Gasteiger partial charge in [0, 0.05) is 5.56 Å². The molecule has 0 saturated carbocycles. The number of hydrogen-bond donors (Lipinski definition) is 0. The molecule has 0 fully saturated rings. The minimum Gasteiger partial charge on any atom is -0.496 e. The van der Waals surface area contributed by atoms with Crippen LogP contribution in [0.1, 0.15) is 29.7 Å². The Bertz CT molecular complexity index is 424. The van der Waals surface area contributed by atoms with Gasteiger partial charge in [0.05, 0.1) is 13.2 Å². The van der Waals surface area contributed by atoms with Crippen molar-refractivity contribution >= 4 is 5.78 Å². The molecule has 0 N–H and O–H groups in total. The van der Waals surface area contributed by atoms with Crippen LogP contribution in [0.15, 0.2) is 12.1 Å². The summed E-state index contributed by atoms with van der Waals surface area (Å²) in [6.07, 6.45) is 0. The predicted octanol–water partition coefficient (Wildman–Crippen LogP) is 2.50. The first-order valence-electron chi connectivity index (χ1n) is 5.70.